The van der Waals surface area contributed by atoms with E-state index in [-0.39, 0.29) is 23.5 Å². The van der Waals surface area contributed by atoms with Crippen molar-refractivity contribution in [2.24, 2.45) is 52.6 Å². The normalized spacial score (nSPS) is 42.6. The van der Waals surface area contributed by atoms with Crippen LogP contribution in [0.15, 0.2) is 6.20 Å². The minimum Gasteiger partial charge on any atom is -0.396 e. The van der Waals surface area contributed by atoms with Crippen molar-refractivity contribution in [3.8, 4) is 0 Å². The Bertz CT molecular complexity index is 735. The maximum atomic E-state index is 10.4. The smallest absolute Gasteiger partial charge is 0.0660 e. The molecule has 4 rings (SSSR count). The molecule has 3 aliphatic rings. The summed E-state index contributed by atoms with van der Waals surface area (Å²) in [5.41, 5.74) is 9.17. The van der Waals surface area contributed by atoms with Crippen LogP contribution in [0.1, 0.15) is 72.1 Å². The van der Waals surface area contributed by atoms with E-state index in [1.807, 2.05) is 0 Å². The summed E-state index contributed by atoms with van der Waals surface area (Å²) in [5, 5.41) is 15.4. The van der Waals surface area contributed by atoms with Gasteiger partial charge in [-0.2, -0.15) is 5.10 Å². The number of aliphatic hydroxyl groups is 1. The van der Waals surface area contributed by atoms with Gasteiger partial charge < -0.3 is 10.8 Å². The average molecular weight is 402 g/mol. The standard InChI is InChI=1S/C25H43N3O/c1-15-7-8-19-20(12-26)21(9-16(2)23(15)19)25(6)11-17-13-28(24(3,4)5)27-22(17)10-18(25)14-29/h13,15-16,18-21,23,29H,7-12,14,26H2,1-6H3/t15-,16+,18+,19+,20-,21-,23+,25-/m0/s1. The molecule has 2 saturated carbocycles. The molecule has 3 aliphatic carbocycles. The topological polar surface area (TPSA) is 64.1 Å². The van der Waals surface area contributed by atoms with Gasteiger partial charge in [-0.1, -0.05) is 27.2 Å². The molecule has 2 fully saturated rings. The molecule has 0 unspecified atom stereocenters. The molecular formula is C25H43N3O. The third-order valence-electron chi connectivity index (χ3n) is 9.30. The zero-order valence-corrected chi connectivity index (χ0v) is 19.5. The lowest BCUT2D eigenvalue weighted by molar-refractivity contribution is -0.0605. The van der Waals surface area contributed by atoms with Crippen LogP contribution in [0.2, 0.25) is 0 Å². The van der Waals surface area contributed by atoms with Crippen molar-refractivity contribution < 1.29 is 5.11 Å². The van der Waals surface area contributed by atoms with Crippen molar-refractivity contribution >= 4 is 0 Å². The molecular weight excluding hydrogens is 358 g/mol. The summed E-state index contributed by atoms with van der Waals surface area (Å²) in [5.74, 6) is 4.70. The SMILES string of the molecule is C[C@@H]1C[C@H]([C@@]2(C)Cc3cn(C(C)(C)C)nc3C[C@@H]2CO)[C@@H](CN)[C@H]2CC[C@H](C)[C@@H]21. The van der Waals surface area contributed by atoms with Crippen LogP contribution in [0.3, 0.4) is 0 Å². The fourth-order valence-electron chi connectivity index (χ4n) is 7.71. The predicted molar refractivity (Wildman–Crippen MR) is 119 cm³/mol. The summed E-state index contributed by atoms with van der Waals surface area (Å²) in [6.45, 7) is 15.1. The lowest BCUT2D eigenvalue weighted by Gasteiger charge is -2.55. The monoisotopic (exact) mass is 401 g/mol. The summed E-state index contributed by atoms with van der Waals surface area (Å²) < 4.78 is 2.14. The summed E-state index contributed by atoms with van der Waals surface area (Å²) in [4.78, 5) is 0. The van der Waals surface area contributed by atoms with Crippen LogP contribution >= 0.6 is 0 Å². The Morgan fingerprint density at radius 1 is 1.24 bits per heavy atom. The van der Waals surface area contributed by atoms with Gasteiger partial charge in [-0.05, 0) is 105 Å². The molecule has 0 spiro atoms. The number of aromatic nitrogens is 2. The minimum atomic E-state index is -0.00515. The quantitative estimate of drug-likeness (QED) is 0.796. The molecule has 0 saturated heterocycles. The summed E-state index contributed by atoms with van der Waals surface area (Å²) in [6, 6.07) is 0. The fraction of sp³-hybridized carbons (Fsp3) is 0.880. The van der Waals surface area contributed by atoms with E-state index in [4.69, 9.17) is 10.8 Å². The number of hydrogen-bond acceptors (Lipinski definition) is 3. The third kappa shape index (κ3) is 3.39. The van der Waals surface area contributed by atoms with Gasteiger partial charge >= 0.3 is 0 Å². The first-order valence-electron chi connectivity index (χ1n) is 12.0. The average Bonchev–Trinajstić information content (AvgIpc) is 3.24. The molecule has 0 aromatic carbocycles. The Labute approximate surface area is 177 Å². The highest BCUT2D eigenvalue weighted by molar-refractivity contribution is 5.26. The van der Waals surface area contributed by atoms with Crippen molar-refractivity contribution in [3.05, 3.63) is 17.5 Å². The predicted octanol–water partition coefficient (Wildman–Crippen LogP) is 4.24. The first-order valence-corrected chi connectivity index (χ1v) is 12.0. The van der Waals surface area contributed by atoms with Gasteiger partial charge in [0.2, 0.25) is 0 Å². The largest absolute Gasteiger partial charge is 0.396 e. The Morgan fingerprint density at radius 3 is 2.59 bits per heavy atom. The number of fused-ring (bicyclic) bond motifs is 2. The molecule has 29 heavy (non-hydrogen) atoms. The first kappa shape index (κ1) is 21.4. The summed E-state index contributed by atoms with van der Waals surface area (Å²) in [6.07, 6.45) is 8.20. The fourth-order valence-corrected chi connectivity index (χ4v) is 7.71. The number of rotatable bonds is 3. The highest BCUT2D eigenvalue weighted by Gasteiger charge is 2.55. The van der Waals surface area contributed by atoms with Crippen molar-refractivity contribution in [1.82, 2.24) is 9.78 Å². The van der Waals surface area contributed by atoms with Crippen molar-refractivity contribution in [2.75, 3.05) is 13.2 Å². The molecule has 0 bridgehead atoms. The zero-order valence-electron chi connectivity index (χ0n) is 19.5. The Balaban J connectivity index is 1.69. The van der Waals surface area contributed by atoms with Gasteiger partial charge in [0.05, 0.1) is 11.2 Å². The van der Waals surface area contributed by atoms with Gasteiger partial charge in [-0.3, -0.25) is 4.68 Å². The van der Waals surface area contributed by atoms with E-state index in [0.717, 1.165) is 43.1 Å². The summed E-state index contributed by atoms with van der Waals surface area (Å²) in [7, 11) is 0. The lowest BCUT2D eigenvalue weighted by atomic mass is 9.50. The van der Waals surface area contributed by atoms with Crippen LogP contribution in [0, 0.1) is 46.8 Å². The maximum absolute atomic E-state index is 10.4. The third-order valence-corrected chi connectivity index (χ3v) is 9.30. The van der Waals surface area contributed by atoms with Crippen LogP contribution in [-0.2, 0) is 18.4 Å². The van der Waals surface area contributed by atoms with Gasteiger partial charge in [-0.25, -0.2) is 0 Å². The Kier molecular flexibility index (Phi) is 5.43. The lowest BCUT2D eigenvalue weighted by Crippen LogP contribution is -2.53. The first-order chi connectivity index (χ1) is 13.6. The number of nitrogens with zero attached hydrogens (tertiary/aromatic N) is 2. The van der Waals surface area contributed by atoms with Crippen LogP contribution in [-0.4, -0.2) is 28.0 Å². The van der Waals surface area contributed by atoms with Crippen molar-refractivity contribution in [3.63, 3.8) is 0 Å². The molecule has 1 aromatic heterocycles. The molecule has 0 aliphatic heterocycles. The van der Waals surface area contributed by atoms with Crippen LogP contribution in [0.5, 0.6) is 0 Å². The van der Waals surface area contributed by atoms with E-state index in [9.17, 15) is 5.11 Å². The van der Waals surface area contributed by atoms with Gasteiger partial charge in [0.15, 0.2) is 0 Å². The molecule has 164 valence electrons. The molecule has 4 heteroatoms. The van der Waals surface area contributed by atoms with Crippen LogP contribution < -0.4 is 5.73 Å². The maximum Gasteiger partial charge on any atom is 0.0660 e. The number of hydrogen-bond donors (Lipinski definition) is 2. The zero-order chi connectivity index (χ0) is 21.1. The Hall–Kier alpha value is -0.870. The van der Waals surface area contributed by atoms with Gasteiger partial charge in [0.1, 0.15) is 0 Å². The van der Waals surface area contributed by atoms with E-state index < -0.39 is 0 Å². The van der Waals surface area contributed by atoms with Crippen LogP contribution in [0.4, 0.5) is 0 Å². The molecule has 8 atom stereocenters. The summed E-state index contributed by atoms with van der Waals surface area (Å²) >= 11 is 0. The Morgan fingerprint density at radius 2 is 1.97 bits per heavy atom. The van der Waals surface area contributed by atoms with E-state index in [0.29, 0.717) is 11.8 Å². The van der Waals surface area contributed by atoms with Crippen molar-refractivity contribution in [2.45, 2.75) is 79.2 Å². The second-order valence-electron chi connectivity index (χ2n) is 12.0. The minimum absolute atomic E-state index is 0.00515. The molecule has 0 amide bonds. The molecule has 3 N–H and O–H groups in total. The van der Waals surface area contributed by atoms with Gasteiger partial charge in [-0.15, -0.1) is 0 Å². The van der Waals surface area contributed by atoms with E-state index in [1.165, 1.54) is 30.5 Å². The molecule has 4 nitrogen and oxygen atoms in total. The van der Waals surface area contributed by atoms with Gasteiger partial charge in [0.25, 0.3) is 0 Å². The van der Waals surface area contributed by atoms with E-state index >= 15 is 0 Å². The van der Waals surface area contributed by atoms with Gasteiger partial charge in [0, 0.05) is 12.8 Å². The second kappa shape index (κ2) is 7.37. The van der Waals surface area contributed by atoms with E-state index in [1.54, 1.807) is 0 Å². The number of nitrogens with two attached hydrogens (primary N) is 1. The molecule has 1 heterocycles. The molecule has 1 aromatic rings. The van der Waals surface area contributed by atoms with E-state index in [2.05, 4.69) is 52.4 Å². The molecule has 0 radical (unpaired) electrons. The number of aliphatic hydroxyl groups excluding tert-OH is 1. The second-order valence-corrected chi connectivity index (χ2v) is 12.0. The highest BCUT2D eigenvalue weighted by Crippen LogP contribution is 2.59. The van der Waals surface area contributed by atoms with Crippen molar-refractivity contribution in [1.29, 1.82) is 0 Å². The highest BCUT2D eigenvalue weighted by atomic mass is 16.3. The van der Waals surface area contributed by atoms with Crippen LogP contribution in [0.25, 0.3) is 0 Å².